The van der Waals surface area contributed by atoms with Crippen molar-refractivity contribution in [3.63, 3.8) is 0 Å². The second kappa shape index (κ2) is 7.14. The summed E-state index contributed by atoms with van der Waals surface area (Å²) in [7, 11) is 0. The third-order valence-corrected chi connectivity index (χ3v) is 4.34. The van der Waals surface area contributed by atoms with Crippen LogP contribution in [0.25, 0.3) is 0 Å². The van der Waals surface area contributed by atoms with E-state index in [1.54, 1.807) is 11.8 Å². The summed E-state index contributed by atoms with van der Waals surface area (Å²) in [4.78, 5) is 23.4. The Hall–Kier alpha value is -0.750. The van der Waals surface area contributed by atoms with Gasteiger partial charge in [-0.05, 0) is 37.2 Å². The molecule has 110 valence electrons. The predicted molar refractivity (Wildman–Crippen MR) is 77.1 cm³/mol. The maximum absolute atomic E-state index is 12.2. The number of hydrogen-bond acceptors (Lipinski definition) is 4. The Bertz CT molecular complexity index is 338. The van der Waals surface area contributed by atoms with Crippen LogP contribution in [0.1, 0.15) is 39.0 Å². The number of rotatable bonds is 6. The second-order valence-corrected chi connectivity index (χ2v) is 6.49. The molecule has 0 aromatic heterocycles. The lowest BCUT2D eigenvalue weighted by molar-refractivity contribution is -0.143. The van der Waals surface area contributed by atoms with Gasteiger partial charge in [0.1, 0.15) is 6.04 Å². The summed E-state index contributed by atoms with van der Waals surface area (Å²) in [5.74, 6) is -0.188. The lowest BCUT2D eigenvalue weighted by atomic mass is 9.76. The number of aliphatic carboxylic acids is 1. The molecule has 6 heteroatoms. The van der Waals surface area contributed by atoms with E-state index in [4.69, 9.17) is 10.8 Å². The Kier molecular flexibility index (Phi) is 6.13. The molecule has 2 unspecified atom stereocenters. The summed E-state index contributed by atoms with van der Waals surface area (Å²) in [6.07, 6.45) is 5.61. The van der Waals surface area contributed by atoms with Crippen LogP contribution in [0, 0.1) is 5.92 Å². The number of carbonyl (C=O) groups excluding carboxylic acids is 1. The van der Waals surface area contributed by atoms with Crippen LogP contribution < -0.4 is 11.1 Å². The van der Waals surface area contributed by atoms with Crippen molar-refractivity contribution >= 4 is 23.6 Å². The van der Waals surface area contributed by atoms with Gasteiger partial charge in [-0.2, -0.15) is 11.8 Å². The molecule has 19 heavy (non-hydrogen) atoms. The third-order valence-electron chi connectivity index (χ3n) is 3.70. The second-order valence-electron chi connectivity index (χ2n) is 5.50. The molecule has 3 atom stereocenters. The van der Waals surface area contributed by atoms with Crippen molar-refractivity contribution < 1.29 is 14.7 Å². The van der Waals surface area contributed by atoms with Crippen LogP contribution in [0.4, 0.5) is 0 Å². The molecular weight excluding hydrogens is 264 g/mol. The molecule has 0 aromatic carbocycles. The summed E-state index contributed by atoms with van der Waals surface area (Å²) in [5.41, 5.74) is 5.26. The largest absolute Gasteiger partial charge is 0.480 e. The van der Waals surface area contributed by atoms with E-state index >= 15 is 0 Å². The summed E-state index contributed by atoms with van der Waals surface area (Å²) in [5, 5.41) is 11.7. The smallest absolute Gasteiger partial charge is 0.326 e. The molecule has 0 bridgehead atoms. The molecule has 0 aromatic rings. The maximum atomic E-state index is 12.2. The third kappa shape index (κ3) is 4.69. The van der Waals surface area contributed by atoms with Crippen molar-refractivity contribution in [1.29, 1.82) is 0 Å². The van der Waals surface area contributed by atoms with E-state index in [9.17, 15) is 9.59 Å². The SMILES string of the molecule is CSCC[C@H](NC(=O)C1(N)CCCC(C)C1)C(=O)O. The Morgan fingerprint density at radius 3 is 2.79 bits per heavy atom. The fourth-order valence-electron chi connectivity index (χ4n) is 2.59. The highest BCUT2D eigenvalue weighted by Gasteiger charge is 2.39. The quantitative estimate of drug-likeness (QED) is 0.683. The Balaban J connectivity index is 2.62. The number of carboxylic acids is 1. The van der Waals surface area contributed by atoms with E-state index in [1.807, 2.05) is 6.26 Å². The molecule has 1 rings (SSSR count). The van der Waals surface area contributed by atoms with Gasteiger partial charge in [0.25, 0.3) is 0 Å². The zero-order valence-electron chi connectivity index (χ0n) is 11.6. The van der Waals surface area contributed by atoms with Crippen molar-refractivity contribution in [2.24, 2.45) is 11.7 Å². The van der Waals surface area contributed by atoms with Gasteiger partial charge in [0, 0.05) is 0 Å². The molecule has 1 aliphatic rings. The summed E-state index contributed by atoms with van der Waals surface area (Å²) in [6, 6.07) is -0.836. The zero-order chi connectivity index (χ0) is 14.5. The van der Waals surface area contributed by atoms with Gasteiger partial charge in [-0.1, -0.05) is 19.8 Å². The minimum Gasteiger partial charge on any atom is -0.480 e. The monoisotopic (exact) mass is 288 g/mol. The molecule has 0 aliphatic heterocycles. The number of carboxylic acid groups (broad SMARTS) is 1. The van der Waals surface area contributed by atoms with Gasteiger partial charge in [0.2, 0.25) is 5.91 Å². The van der Waals surface area contributed by atoms with Crippen molar-refractivity contribution in [2.75, 3.05) is 12.0 Å². The first kappa shape index (κ1) is 16.3. The Morgan fingerprint density at radius 2 is 2.26 bits per heavy atom. The van der Waals surface area contributed by atoms with E-state index in [0.29, 0.717) is 30.9 Å². The van der Waals surface area contributed by atoms with Crippen LogP contribution >= 0.6 is 11.8 Å². The molecule has 0 spiro atoms. The van der Waals surface area contributed by atoms with E-state index in [2.05, 4.69) is 12.2 Å². The lowest BCUT2D eigenvalue weighted by Crippen LogP contribution is -2.59. The molecule has 1 fully saturated rings. The van der Waals surface area contributed by atoms with E-state index < -0.39 is 17.6 Å². The molecule has 0 saturated heterocycles. The van der Waals surface area contributed by atoms with Crippen LogP contribution in [0.5, 0.6) is 0 Å². The average Bonchev–Trinajstić information content (AvgIpc) is 2.33. The Labute approximate surface area is 118 Å². The van der Waals surface area contributed by atoms with Crippen molar-refractivity contribution in [3.05, 3.63) is 0 Å². The van der Waals surface area contributed by atoms with E-state index in [0.717, 1.165) is 12.8 Å². The maximum Gasteiger partial charge on any atom is 0.326 e. The standard InChI is InChI=1S/C13H24N2O3S/c1-9-4-3-6-13(14,8-9)12(18)15-10(11(16)17)5-7-19-2/h9-10H,3-8,14H2,1-2H3,(H,15,18)(H,16,17)/t9?,10-,13?/m0/s1. The average molecular weight is 288 g/mol. The molecule has 1 aliphatic carbocycles. The molecule has 0 heterocycles. The highest BCUT2D eigenvalue weighted by atomic mass is 32.2. The molecular formula is C13H24N2O3S. The number of hydrogen-bond donors (Lipinski definition) is 3. The first-order chi connectivity index (χ1) is 8.89. The summed E-state index contributed by atoms with van der Waals surface area (Å²) < 4.78 is 0. The fraction of sp³-hybridized carbons (Fsp3) is 0.846. The molecule has 1 saturated carbocycles. The van der Waals surface area contributed by atoms with Crippen molar-refractivity contribution in [1.82, 2.24) is 5.32 Å². The van der Waals surface area contributed by atoms with Gasteiger partial charge in [-0.3, -0.25) is 4.79 Å². The van der Waals surface area contributed by atoms with Gasteiger partial charge in [-0.15, -0.1) is 0 Å². The van der Waals surface area contributed by atoms with Crippen LogP contribution in [0.15, 0.2) is 0 Å². The number of thioether (sulfide) groups is 1. The van der Waals surface area contributed by atoms with Crippen molar-refractivity contribution in [3.8, 4) is 0 Å². The lowest BCUT2D eigenvalue weighted by Gasteiger charge is -2.36. The summed E-state index contributed by atoms with van der Waals surface area (Å²) in [6.45, 7) is 2.08. The molecule has 5 nitrogen and oxygen atoms in total. The number of amides is 1. The van der Waals surface area contributed by atoms with Gasteiger partial charge < -0.3 is 16.2 Å². The van der Waals surface area contributed by atoms with E-state index in [1.165, 1.54) is 0 Å². The summed E-state index contributed by atoms with van der Waals surface area (Å²) >= 11 is 1.56. The number of carbonyl (C=O) groups is 2. The van der Waals surface area contributed by atoms with Gasteiger partial charge in [0.05, 0.1) is 5.54 Å². The van der Waals surface area contributed by atoms with Crippen LogP contribution in [-0.4, -0.2) is 40.6 Å². The molecule has 0 radical (unpaired) electrons. The van der Waals surface area contributed by atoms with Crippen LogP contribution in [-0.2, 0) is 9.59 Å². The molecule has 4 N–H and O–H groups in total. The minimum atomic E-state index is -0.991. The minimum absolute atomic E-state index is 0.312. The number of nitrogens with two attached hydrogens (primary N) is 1. The fourth-order valence-corrected chi connectivity index (χ4v) is 3.06. The zero-order valence-corrected chi connectivity index (χ0v) is 12.5. The highest BCUT2D eigenvalue weighted by molar-refractivity contribution is 7.98. The molecule has 1 amide bonds. The van der Waals surface area contributed by atoms with Crippen LogP contribution in [0.2, 0.25) is 0 Å². The normalized spacial score (nSPS) is 28.7. The number of nitrogens with one attached hydrogen (secondary N) is 1. The topological polar surface area (TPSA) is 92.4 Å². The van der Waals surface area contributed by atoms with E-state index in [-0.39, 0.29) is 5.91 Å². The van der Waals surface area contributed by atoms with Gasteiger partial charge in [-0.25, -0.2) is 4.79 Å². The van der Waals surface area contributed by atoms with Crippen LogP contribution in [0.3, 0.4) is 0 Å². The van der Waals surface area contributed by atoms with Crippen molar-refractivity contribution in [2.45, 2.75) is 50.6 Å². The van der Waals surface area contributed by atoms with Gasteiger partial charge in [0.15, 0.2) is 0 Å². The Morgan fingerprint density at radius 1 is 1.58 bits per heavy atom. The first-order valence-electron chi connectivity index (χ1n) is 6.70. The highest BCUT2D eigenvalue weighted by Crippen LogP contribution is 2.30. The van der Waals surface area contributed by atoms with Gasteiger partial charge >= 0.3 is 5.97 Å². The first-order valence-corrected chi connectivity index (χ1v) is 8.10. The predicted octanol–water partition coefficient (Wildman–Crippen LogP) is 1.22.